The van der Waals surface area contributed by atoms with Gasteiger partial charge in [-0.05, 0) is 55.3 Å². The van der Waals surface area contributed by atoms with Gasteiger partial charge in [-0.1, -0.05) is 30.3 Å². The van der Waals surface area contributed by atoms with Gasteiger partial charge < -0.3 is 25.5 Å². The van der Waals surface area contributed by atoms with Crippen LogP contribution in [0.4, 0.5) is 17.5 Å². The second-order valence-corrected chi connectivity index (χ2v) is 9.86. The zero-order chi connectivity index (χ0) is 27.7. The van der Waals surface area contributed by atoms with Crippen molar-refractivity contribution in [2.45, 2.75) is 25.4 Å². The van der Waals surface area contributed by atoms with E-state index in [1.54, 1.807) is 30.7 Å². The largest absolute Gasteiger partial charge is 0.416 e. The van der Waals surface area contributed by atoms with E-state index in [2.05, 4.69) is 36.1 Å². The highest BCUT2D eigenvalue weighted by molar-refractivity contribution is 6.00. The average molecular weight is 535 g/mol. The van der Waals surface area contributed by atoms with Crippen molar-refractivity contribution in [3.05, 3.63) is 95.9 Å². The molecule has 1 amide bonds. The van der Waals surface area contributed by atoms with Gasteiger partial charge in [-0.3, -0.25) is 9.78 Å². The molecule has 0 saturated carbocycles. The van der Waals surface area contributed by atoms with Gasteiger partial charge in [-0.25, -0.2) is 4.98 Å². The molecule has 40 heavy (non-hydrogen) atoms. The number of amides is 1. The van der Waals surface area contributed by atoms with Crippen molar-refractivity contribution in [1.82, 2.24) is 30.5 Å². The van der Waals surface area contributed by atoms with Crippen molar-refractivity contribution in [3.8, 4) is 22.9 Å². The van der Waals surface area contributed by atoms with Crippen LogP contribution in [-0.2, 0) is 5.54 Å². The topological polar surface area (TPSA) is 151 Å². The summed E-state index contributed by atoms with van der Waals surface area (Å²) < 4.78 is 5.95. The molecule has 1 atom stereocenters. The lowest BCUT2D eigenvalue weighted by atomic mass is 9.94. The van der Waals surface area contributed by atoms with E-state index < -0.39 is 11.6 Å². The summed E-state index contributed by atoms with van der Waals surface area (Å²) >= 11 is 0. The highest BCUT2D eigenvalue weighted by Gasteiger charge is 2.35. The Balaban J connectivity index is 1.36. The first-order valence-corrected chi connectivity index (χ1v) is 12.7. The number of fused-ring (bicyclic) bond motifs is 1. The van der Waals surface area contributed by atoms with E-state index in [1.807, 2.05) is 62.4 Å². The number of rotatable bonds is 8. The molecule has 0 unspecified atom stereocenters. The Morgan fingerprint density at radius 3 is 2.60 bits per heavy atom. The SMILES string of the molecule is CC1(C)NC(=O)c2ccc(Nc3ncc(-c4nnc(-c5cccnc5)o4)c(N[C@H](CO)c4ccccc4)n3)cc21. The van der Waals surface area contributed by atoms with E-state index in [0.717, 1.165) is 16.8 Å². The molecule has 11 nitrogen and oxygen atoms in total. The van der Waals surface area contributed by atoms with E-state index in [1.165, 1.54) is 0 Å². The monoisotopic (exact) mass is 534 g/mol. The quantitative estimate of drug-likeness (QED) is 0.225. The van der Waals surface area contributed by atoms with E-state index in [0.29, 0.717) is 34.3 Å². The van der Waals surface area contributed by atoms with E-state index in [4.69, 9.17) is 9.40 Å². The second-order valence-electron chi connectivity index (χ2n) is 9.86. The molecule has 4 N–H and O–H groups in total. The first-order valence-electron chi connectivity index (χ1n) is 12.7. The van der Waals surface area contributed by atoms with Crippen LogP contribution in [0, 0.1) is 0 Å². The van der Waals surface area contributed by atoms with Gasteiger partial charge in [-0.2, -0.15) is 4.98 Å². The van der Waals surface area contributed by atoms with Crippen LogP contribution >= 0.6 is 0 Å². The van der Waals surface area contributed by atoms with Crippen LogP contribution in [0.3, 0.4) is 0 Å². The summed E-state index contributed by atoms with van der Waals surface area (Å²) in [6.07, 6.45) is 4.88. The zero-order valence-electron chi connectivity index (χ0n) is 21.8. The molecule has 3 aromatic heterocycles. The summed E-state index contributed by atoms with van der Waals surface area (Å²) in [4.78, 5) is 25.6. The van der Waals surface area contributed by atoms with Gasteiger partial charge >= 0.3 is 0 Å². The van der Waals surface area contributed by atoms with Gasteiger partial charge in [-0.15, -0.1) is 10.2 Å². The molecule has 11 heteroatoms. The molecule has 0 fully saturated rings. The van der Waals surface area contributed by atoms with Gasteiger partial charge in [0.15, 0.2) is 0 Å². The van der Waals surface area contributed by atoms with Crippen LogP contribution in [-0.4, -0.2) is 42.8 Å². The number of hydrogen-bond donors (Lipinski definition) is 4. The Kier molecular flexibility index (Phi) is 6.40. The Morgan fingerprint density at radius 1 is 1.00 bits per heavy atom. The van der Waals surface area contributed by atoms with Crippen molar-refractivity contribution < 1.29 is 14.3 Å². The molecule has 0 spiro atoms. The molecule has 4 heterocycles. The van der Waals surface area contributed by atoms with Gasteiger partial charge in [0, 0.05) is 29.8 Å². The van der Waals surface area contributed by atoms with Gasteiger partial charge in [0.25, 0.3) is 11.8 Å². The van der Waals surface area contributed by atoms with E-state index in [9.17, 15) is 9.90 Å². The summed E-state index contributed by atoms with van der Waals surface area (Å²) in [7, 11) is 0. The predicted molar refractivity (Wildman–Crippen MR) is 149 cm³/mol. The molecule has 1 aliphatic rings. The van der Waals surface area contributed by atoms with Crippen LogP contribution in [0.25, 0.3) is 22.9 Å². The zero-order valence-corrected chi connectivity index (χ0v) is 21.8. The molecule has 0 saturated heterocycles. The predicted octanol–water partition coefficient (Wildman–Crippen LogP) is 4.46. The molecular formula is C29H26N8O3. The Labute approximate surface area is 229 Å². The lowest BCUT2D eigenvalue weighted by Crippen LogP contribution is -2.32. The van der Waals surface area contributed by atoms with Crippen molar-refractivity contribution in [2.75, 3.05) is 17.2 Å². The number of carbonyl (C=O) groups excluding carboxylic acids is 1. The fraction of sp³-hybridized carbons (Fsp3) is 0.172. The van der Waals surface area contributed by atoms with E-state index >= 15 is 0 Å². The number of benzene rings is 2. The Hall–Kier alpha value is -5.16. The van der Waals surface area contributed by atoms with Crippen LogP contribution in [0.2, 0.25) is 0 Å². The van der Waals surface area contributed by atoms with Crippen LogP contribution < -0.4 is 16.0 Å². The number of nitrogens with one attached hydrogen (secondary N) is 3. The Bertz CT molecular complexity index is 1670. The molecule has 0 radical (unpaired) electrons. The van der Waals surface area contributed by atoms with E-state index in [-0.39, 0.29) is 18.4 Å². The number of aliphatic hydroxyl groups excluding tert-OH is 1. The number of anilines is 3. The van der Waals surface area contributed by atoms with Crippen LogP contribution in [0.1, 0.15) is 41.4 Å². The standard InChI is InChI=1S/C29H26N8O3/c1-29(2)22-13-19(10-11-20(22)25(39)35-29)32-28-31-15-21(27-37-36-26(40-27)18-9-6-12-30-14-18)24(34-28)33-23(16-38)17-7-4-3-5-8-17/h3-15,23,38H,16H2,1-2H3,(H,35,39)(H2,31,32,33,34)/t23-/m1/s1. The maximum absolute atomic E-state index is 12.3. The minimum Gasteiger partial charge on any atom is -0.416 e. The maximum atomic E-state index is 12.3. The first-order chi connectivity index (χ1) is 19.4. The number of aromatic nitrogens is 5. The summed E-state index contributed by atoms with van der Waals surface area (Å²) in [6, 6.07) is 18.2. The van der Waals surface area contributed by atoms with Gasteiger partial charge in [0.2, 0.25) is 11.8 Å². The third-order valence-electron chi connectivity index (χ3n) is 6.67. The molecule has 0 aliphatic carbocycles. The molecule has 1 aliphatic heterocycles. The molecule has 6 rings (SSSR count). The number of carbonyl (C=O) groups is 1. The van der Waals surface area contributed by atoms with Crippen LogP contribution in [0.5, 0.6) is 0 Å². The molecular weight excluding hydrogens is 508 g/mol. The summed E-state index contributed by atoms with van der Waals surface area (Å²) in [5.41, 5.74) is 3.78. The first kappa shape index (κ1) is 25.1. The summed E-state index contributed by atoms with van der Waals surface area (Å²) in [5.74, 6) is 1.11. The van der Waals surface area contributed by atoms with Crippen molar-refractivity contribution in [2.24, 2.45) is 0 Å². The molecule has 200 valence electrons. The normalized spacial score (nSPS) is 14.3. The van der Waals surface area contributed by atoms with Crippen molar-refractivity contribution in [3.63, 3.8) is 0 Å². The number of hydrogen-bond acceptors (Lipinski definition) is 10. The number of pyridine rings is 1. The maximum Gasteiger partial charge on any atom is 0.253 e. The molecule has 2 aromatic carbocycles. The van der Waals surface area contributed by atoms with Crippen LogP contribution in [0.15, 0.2) is 83.7 Å². The third-order valence-corrected chi connectivity index (χ3v) is 6.67. The Morgan fingerprint density at radius 2 is 1.82 bits per heavy atom. The fourth-order valence-electron chi connectivity index (χ4n) is 4.62. The third kappa shape index (κ3) is 4.85. The average Bonchev–Trinajstić information content (AvgIpc) is 3.55. The molecule has 0 bridgehead atoms. The smallest absolute Gasteiger partial charge is 0.253 e. The number of nitrogens with zero attached hydrogens (tertiary/aromatic N) is 5. The van der Waals surface area contributed by atoms with Crippen molar-refractivity contribution >= 4 is 23.4 Å². The summed E-state index contributed by atoms with van der Waals surface area (Å²) in [6.45, 7) is 3.73. The summed E-state index contributed by atoms with van der Waals surface area (Å²) in [5, 5.41) is 28.1. The fourth-order valence-corrected chi connectivity index (χ4v) is 4.62. The highest BCUT2D eigenvalue weighted by Crippen LogP contribution is 2.34. The lowest BCUT2D eigenvalue weighted by Gasteiger charge is -2.20. The number of aliphatic hydroxyl groups is 1. The minimum absolute atomic E-state index is 0.0974. The van der Waals surface area contributed by atoms with Gasteiger partial charge in [0.05, 0.1) is 29.3 Å². The minimum atomic E-state index is -0.491. The lowest BCUT2D eigenvalue weighted by molar-refractivity contribution is 0.0940. The molecule has 5 aromatic rings. The second kappa shape index (κ2) is 10.2. The highest BCUT2D eigenvalue weighted by atomic mass is 16.4. The van der Waals surface area contributed by atoms with Gasteiger partial charge in [0.1, 0.15) is 5.82 Å². The van der Waals surface area contributed by atoms with Crippen molar-refractivity contribution in [1.29, 1.82) is 0 Å².